The molecular weight excluding hydrogens is 190 g/mol. The SMILES string of the molecule is C#CC(C)Nc1nc[nH]c(=O)c1Cl. The zero-order valence-corrected chi connectivity index (χ0v) is 7.72. The van der Waals surface area contributed by atoms with Gasteiger partial charge in [-0.15, -0.1) is 6.42 Å². The molecule has 0 amide bonds. The molecule has 0 radical (unpaired) electrons. The topological polar surface area (TPSA) is 57.8 Å². The molecule has 0 aliphatic carbocycles. The van der Waals surface area contributed by atoms with Crippen molar-refractivity contribution in [2.45, 2.75) is 13.0 Å². The Labute approximate surface area is 80.3 Å². The van der Waals surface area contributed by atoms with E-state index in [1.165, 1.54) is 6.33 Å². The van der Waals surface area contributed by atoms with Gasteiger partial charge in [0, 0.05) is 0 Å². The molecule has 2 N–H and O–H groups in total. The van der Waals surface area contributed by atoms with Gasteiger partial charge in [0.05, 0.1) is 12.4 Å². The predicted molar refractivity (Wildman–Crippen MR) is 51.8 cm³/mol. The van der Waals surface area contributed by atoms with Crippen LogP contribution in [0.1, 0.15) is 6.92 Å². The van der Waals surface area contributed by atoms with Crippen molar-refractivity contribution in [3.8, 4) is 12.3 Å². The highest BCUT2D eigenvalue weighted by Gasteiger charge is 2.06. The van der Waals surface area contributed by atoms with Gasteiger partial charge >= 0.3 is 0 Å². The maximum atomic E-state index is 11.0. The molecule has 0 saturated heterocycles. The molecule has 0 spiro atoms. The van der Waals surface area contributed by atoms with E-state index < -0.39 is 0 Å². The zero-order chi connectivity index (χ0) is 9.84. The van der Waals surface area contributed by atoms with Crippen LogP contribution in [0, 0.1) is 12.3 Å². The molecular formula is C8H8ClN3O. The van der Waals surface area contributed by atoms with Crippen LogP contribution in [0.3, 0.4) is 0 Å². The smallest absolute Gasteiger partial charge is 0.271 e. The first-order valence-electron chi connectivity index (χ1n) is 3.61. The number of terminal acetylenes is 1. The summed E-state index contributed by atoms with van der Waals surface area (Å²) in [5, 5.41) is 2.82. The first kappa shape index (κ1) is 9.62. The predicted octanol–water partition coefficient (Wildman–Crippen LogP) is 0.857. The Morgan fingerprint density at radius 3 is 3.15 bits per heavy atom. The summed E-state index contributed by atoms with van der Waals surface area (Å²) in [6.45, 7) is 1.76. The molecule has 5 heteroatoms. The van der Waals surface area contributed by atoms with Crippen LogP contribution < -0.4 is 10.9 Å². The van der Waals surface area contributed by atoms with E-state index in [1.807, 2.05) is 0 Å². The number of anilines is 1. The van der Waals surface area contributed by atoms with Gasteiger partial charge < -0.3 is 10.3 Å². The largest absolute Gasteiger partial charge is 0.355 e. The average molecular weight is 198 g/mol. The maximum Gasteiger partial charge on any atom is 0.271 e. The number of nitrogens with zero attached hydrogens (tertiary/aromatic N) is 1. The number of H-pyrrole nitrogens is 1. The van der Waals surface area contributed by atoms with Crippen molar-refractivity contribution in [1.29, 1.82) is 0 Å². The number of hydrogen-bond acceptors (Lipinski definition) is 3. The third-order valence-corrected chi connectivity index (χ3v) is 1.75. The van der Waals surface area contributed by atoms with Gasteiger partial charge in [-0.3, -0.25) is 4.79 Å². The Bertz CT molecular complexity index is 393. The van der Waals surface area contributed by atoms with E-state index in [0.717, 1.165) is 0 Å². The summed E-state index contributed by atoms with van der Waals surface area (Å²) >= 11 is 5.66. The summed E-state index contributed by atoms with van der Waals surface area (Å²) in [6, 6.07) is -0.216. The molecule has 0 aliphatic rings. The second kappa shape index (κ2) is 3.97. The van der Waals surface area contributed by atoms with Gasteiger partial charge in [0.25, 0.3) is 5.56 Å². The van der Waals surface area contributed by atoms with Crippen molar-refractivity contribution in [2.75, 3.05) is 5.32 Å². The van der Waals surface area contributed by atoms with Crippen LogP contribution in [0.15, 0.2) is 11.1 Å². The molecule has 13 heavy (non-hydrogen) atoms. The number of halogens is 1. The van der Waals surface area contributed by atoms with Crippen LogP contribution >= 0.6 is 11.6 Å². The maximum absolute atomic E-state index is 11.0. The molecule has 1 unspecified atom stereocenters. The minimum absolute atomic E-state index is 0.0181. The fourth-order valence-corrected chi connectivity index (χ4v) is 0.888. The average Bonchev–Trinajstić information content (AvgIpc) is 2.13. The molecule has 0 aromatic carbocycles. The van der Waals surface area contributed by atoms with Gasteiger partial charge in [-0.2, -0.15) is 0 Å². The van der Waals surface area contributed by atoms with Gasteiger partial charge in [0.2, 0.25) is 0 Å². The molecule has 1 heterocycles. The lowest BCUT2D eigenvalue weighted by atomic mass is 10.3. The second-order valence-electron chi connectivity index (χ2n) is 2.43. The van der Waals surface area contributed by atoms with Crippen molar-refractivity contribution in [3.05, 3.63) is 21.7 Å². The molecule has 0 aliphatic heterocycles. The van der Waals surface area contributed by atoms with E-state index in [1.54, 1.807) is 6.92 Å². The highest BCUT2D eigenvalue weighted by molar-refractivity contribution is 6.32. The van der Waals surface area contributed by atoms with E-state index in [4.69, 9.17) is 18.0 Å². The number of hydrogen-bond donors (Lipinski definition) is 2. The van der Waals surface area contributed by atoms with E-state index in [9.17, 15) is 4.79 Å². The van der Waals surface area contributed by atoms with Gasteiger partial charge in [-0.25, -0.2) is 4.98 Å². The van der Waals surface area contributed by atoms with Gasteiger partial charge in [0.15, 0.2) is 5.82 Å². The summed E-state index contributed by atoms with van der Waals surface area (Å²) in [4.78, 5) is 17.2. The van der Waals surface area contributed by atoms with Gasteiger partial charge in [-0.1, -0.05) is 17.5 Å². The Hall–Kier alpha value is -1.47. The number of aromatic nitrogens is 2. The lowest BCUT2D eigenvalue weighted by Gasteiger charge is -2.08. The van der Waals surface area contributed by atoms with Crippen LogP contribution in [0.2, 0.25) is 5.02 Å². The number of aromatic amines is 1. The molecule has 1 atom stereocenters. The fraction of sp³-hybridized carbons (Fsp3) is 0.250. The monoisotopic (exact) mass is 197 g/mol. The summed E-state index contributed by atoms with van der Waals surface area (Å²) in [5.41, 5.74) is -0.386. The Balaban J connectivity index is 2.97. The van der Waals surface area contributed by atoms with E-state index in [-0.39, 0.29) is 16.6 Å². The summed E-state index contributed by atoms with van der Waals surface area (Å²) in [7, 11) is 0. The second-order valence-corrected chi connectivity index (χ2v) is 2.80. The normalized spacial score (nSPS) is 11.8. The minimum atomic E-state index is -0.386. The van der Waals surface area contributed by atoms with E-state index in [0.29, 0.717) is 5.82 Å². The molecule has 1 aromatic rings. The molecule has 1 rings (SSSR count). The third kappa shape index (κ3) is 2.23. The van der Waals surface area contributed by atoms with Crippen molar-refractivity contribution in [3.63, 3.8) is 0 Å². The Kier molecular flexibility index (Phi) is 2.93. The van der Waals surface area contributed by atoms with Crippen LogP contribution in [0.4, 0.5) is 5.82 Å². The Morgan fingerprint density at radius 2 is 2.54 bits per heavy atom. The molecule has 0 fully saturated rings. The van der Waals surface area contributed by atoms with Crippen LogP contribution in [0.5, 0.6) is 0 Å². The van der Waals surface area contributed by atoms with Crippen LogP contribution in [-0.4, -0.2) is 16.0 Å². The number of rotatable bonds is 2. The highest BCUT2D eigenvalue weighted by Crippen LogP contribution is 2.12. The van der Waals surface area contributed by atoms with Gasteiger partial charge in [0.1, 0.15) is 5.02 Å². The Morgan fingerprint density at radius 1 is 1.85 bits per heavy atom. The van der Waals surface area contributed by atoms with Crippen molar-refractivity contribution in [2.24, 2.45) is 0 Å². The molecule has 1 aromatic heterocycles. The van der Waals surface area contributed by atoms with Crippen molar-refractivity contribution < 1.29 is 0 Å². The standard InChI is InChI=1S/C8H8ClN3O/c1-3-5(2)12-7-6(9)8(13)11-4-10-7/h1,4-5H,2H3,(H2,10,11,12,13). The summed E-state index contributed by atoms with van der Waals surface area (Å²) in [6.07, 6.45) is 6.40. The van der Waals surface area contributed by atoms with E-state index >= 15 is 0 Å². The molecule has 68 valence electrons. The zero-order valence-electron chi connectivity index (χ0n) is 6.97. The number of nitrogens with one attached hydrogen (secondary N) is 2. The van der Waals surface area contributed by atoms with Crippen molar-refractivity contribution >= 4 is 17.4 Å². The van der Waals surface area contributed by atoms with Crippen LogP contribution in [-0.2, 0) is 0 Å². The lowest BCUT2D eigenvalue weighted by molar-refractivity contribution is 0.996. The van der Waals surface area contributed by atoms with Crippen molar-refractivity contribution in [1.82, 2.24) is 9.97 Å². The first-order valence-corrected chi connectivity index (χ1v) is 3.98. The first-order chi connectivity index (χ1) is 6.15. The third-order valence-electron chi connectivity index (χ3n) is 1.40. The van der Waals surface area contributed by atoms with Crippen LogP contribution in [0.25, 0.3) is 0 Å². The fourth-order valence-electron chi connectivity index (χ4n) is 0.730. The molecule has 0 bridgehead atoms. The van der Waals surface area contributed by atoms with Gasteiger partial charge in [-0.05, 0) is 6.92 Å². The molecule has 4 nitrogen and oxygen atoms in total. The summed E-state index contributed by atoms with van der Waals surface area (Å²) in [5.74, 6) is 2.74. The van der Waals surface area contributed by atoms with E-state index in [2.05, 4.69) is 21.2 Å². The quantitative estimate of drug-likeness (QED) is 0.692. The lowest BCUT2D eigenvalue weighted by Crippen LogP contribution is -2.17. The highest BCUT2D eigenvalue weighted by atomic mass is 35.5. The minimum Gasteiger partial charge on any atom is -0.355 e. The molecule has 0 saturated carbocycles. The summed E-state index contributed by atoms with van der Waals surface area (Å²) < 4.78 is 0.